The van der Waals surface area contributed by atoms with Crippen molar-refractivity contribution in [1.82, 2.24) is 5.32 Å². The van der Waals surface area contributed by atoms with Crippen LogP contribution in [0.3, 0.4) is 0 Å². The highest BCUT2D eigenvalue weighted by Crippen LogP contribution is 2.29. The van der Waals surface area contributed by atoms with Gasteiger partial charge in [-0.05, 0) is 44.1 Å². The Morgan fingerprint density at radius 3 is 2.55 bits per heavy atom. The van der Waals surface area contributed by atoms with Crippen LogP contribution in [-0.4, -0.2) is 38.4 Å². The third kappa shape index (κ3) is 2.97. The zero-order valence-corrected chi connectivity index (χ0v) is 12.7. The highest BCUT2D eigenvalue weighted by Gasteiger charge is 2.48. The lowest BCUT2D eigenvalue weighted by Gasteiger charge is -2.34. The molecule has 2 N–H and O–H groups in total. The summed E-state index contributed by atoms with van der Waals surface area (Å²) in [6, 6.07) is 6.67. The third-order valence-corrected chi connectivity index (χ3v) is 5.87. The molecule has 20 heavy (non-hydrogen) atoms. The monoisotopic (exact) mass is 316 g/mol. The summed E-state index contributed by atoms with van der Waals surface area (Å²) in [5.41, 5.74) is 0.504. The summed E-state index contributed by atoms with van der Waals surface area (Å²) in [5, 5.41) is 6.23. The molecule has 1 aliphatic heterocycles. The molecule has 110 valence electrons. The second-order valence-electron chi connectivity index (χ2n) is 4.98. The van der Waals surface area contributed by atoms with Gasteiger partial charge in [0.15, 0.2) is 14.6 Å². The minimum absolute atomic E-state index is 0.276. The van der Waals surface area contributed by atoms with Crippen molar-refractivity contribution in [2.24, 2.45) is 0 Å². The van der Waals surface area contributed by atoms with Gasteiger partial charge in [-0.3, -0.25) is 4.79 Å². The van der Waals surface area contributed by atoms with Crippen molar-refractivity contribution in [3.05, 3.63) is 29.3 Å². The zero-order chi connectivity index (χ0) is 14.8. The van der Waals surface area contributed by atoms with Crippen LogP contribution in [0.2, 0.25) is 5.02 Å². The first kappa shape index (κ1) is 15.3. The lowest BCUT2D eigenvalue weighted by molar-refractivity contribution is -0.119. The van der Waals surface area contributed by atoms with E-state index >= 15 is 0 Å². The van der Waals surface area contributed by atoms with Crippen molar-refractivity contribution >= 4 is 33.0 Å². The van der Waals surface area contributed by atoms with Crippen molar-refractivity contribution in [3.63, 3.8) is 0 Å². The van der Waals surface area contributed by atoms with E-state index in [0.717, 1.165) is 6.26 Å². The SMILES string of the molecule is CS(=O)(=O)C1(C(=O)Nc2cccc(Cl)c2)CCNCC1. The van der Waals surface area contributed by atoms with Crippen molar-refractivity contribution in [2.75, 3.05) is 24.7 Å². The number of carbonyl (C=O) groups is 1. The number of hydrogen-bond acceptors (Lipinski definition) is 4. The van der Waals surface area contributed by atoms with Gasteiger partial charge in [0.25, 0.3) is 0 Å². The molecule has 0 aliphatic carbocycles. The minimum atomic E-state index is -3.50. The largest absolute Gasteiger partial charge is 0.325 e. The van der Waals surface area contributed by atoms with E-state index in [1.165, 1.54) is 0 Å². The van der Waals surface area contributed by atoms with Gasteiger partial charge in [0, 0.05) is 17.0 Å². The number of benzene rings is 1. The quantitative estimate of drug-likeness (QED) is 0.885. The molecule has 0 radical (unpaired) electrons. The maximum atomic E-state index is 12.5. The number of carbonyl (C=O) groups excluding carboxylic acids is 1. The summed E-state index contributed by atoms with van der Waals surface area (Å²) in [6.45, 7) is 1.02. The van der Waals surface area contributed by atoms with E-state index in [2.05, 4.69) is 10.6 Å². The van der Waals surface area contributed by atoms with Crippen molar-refractivity contribution in [1.29, 1.82) is 0 Å². The first-order chi connectivity index (χ1) is 9.35. The zero-order valence-electron chi connectivity index (χ0n) is 11.1. The Morgan fingerprint density at radius 1 is 1.35 bits per heavy atom. The Bertz CT molecular complexity index is 610. The Labute approximate surface area is 123 Å². The lowest BCUT2D eigenvalue weighted by atomic mass is 9.95. The molecule has 7 heteroatoms. The predicted octanol–water partition coefficient (Wildman–Crippen LogP) is 1.45. The molecule has 2 rings (SSSR count). The Morgan fingerprint density at radius 2 is 2.00 bits per heavy atom. The van der Waals surface area contributed by atoms with Gasteiger partial charge in [-0.15, -0.1) is 0 Å². The minimum Gasteiger partial charge on any atom is -0.325 e. The topological polar surface area (TPSA) is 75.3 Å². The molecule has 1 saturated heterocycles. The first-order valence-corrected chi connectivity index (χ1v) is 8.59. The highest BCUT2D eigenvalue weighted by molar-refractivity contribution is 7.92. The number of nitrogens with one attached hydrogen (secondary N) is 2. The molecule has 0 aromatic heterocycles. The van der Waals surface area contributed by atoms with Gasteiger partial charge in [0.1, 0.15) is 0 Å². The molecule has 1 heterocycles. The Balaban J connectivity index is 2.28. The van der Waals surface area contributed by atoms with Crippen molar-refractivity contribution < 1.29 is 13.2 Å². The number of amides is 1. The van der Waals surface area contributed by atoms with Gasteiger partial charge >= 0.3 is 0 Å². The number of piperidine rings is 1. The van der Waals surface area contributed by atoms with Crippen LogP contribution in [0.15, 0.2) is 24.3 Å². The summed E-state index contributed by atoms with van der Waals surface area (Å²) >= 11 is 5.86. The van der Waals surface area contributed by atoms with Crippen LogP contribution in [-0.2, 0) is 14.6 Å². The number of rotatable bonds is 3. The maximum absolute atomic E-state index is 12.5. The van der Waals surface area contributed by atoms with Crippen LogP contribution in [0.25, 0.3) is 0 Å². The molecule has 0 bridgehead atoms. The van der Waals surface area contributed by atoms with Gasteiger partial charge in [-0.2, -0.15) is 0 Å². The average molecular weight is 317 g/mol. The van der Waals surface area contributed by atoms with Crippen LogP contribution in [0.5, 0.6) is 0 Å². The van der Waals surface area contributed by atoms with Gasteiger partial charge in [-0.1, -0.05) is 17.7 Å². The van der Waals surface area contributed by atoms with Gasteiger partial charge in [0.05, 0.1) is 0 Å². The summed E-state index contributed by atoms with van der Waals surface area (Å²) in [5.74, 6) is -0.483. The number of sulfone groups is 1. The lowest BCUT2D eigenvalue weighted by Crippen LogP contribution is -2.55. The summed E-state index contributed by atoms with van der Waals surface area (Å²) in [6.07, 6.45) is 1.67. The Kier molecular flexibility index (Phi) is 4.36. The second-order valence-corrected chi connectivity index (χ2v) is 7.74. The molecule has 5 nitrogen and oxygen atoms in total. The third-order valence-electron chi connectivity index (χ3n) is 3.62. The molecule has 1 amide bonds. The smallest absolute Gasteiger partial charge is 0.245 e. The average Bonchev–Trinajstić information content (AvgIpc) is 2.38. The Hall–Kier alpha value is -1.11. The van der Waals surface area contributed by atoms with Gasteiger partial charge < -0.3 is 10.6 Å². The first-order valence-electron chi connectivity index (χ1n) is 6.32. The molecule has 0 saturated carbocycles. The fourth-order valence-electron chi connectivity index (χ4n) is 2.41. The fraction of sp³-hybridized carbons (Fsp3) is 0.462. The maximum Gasteiger partial charge on any atom is 0.245 e. The molecular weight excluding hydrogens is 300 g/mol. The van der Waals surface area contributed by atoms with E-state index in [1.54, 1.807) is 24.3 Å². The number of halogens is 1. The standard InChI is InChI=1S/C13H17ClN2O3S/c1-20(18,19)13(5-7-15-8-6-13)12(17)16-11-4-2-3-10(14)9-11/h2-4,9,15H,5-8H2,1H3,(H,16,17). The van der Waals surface area contributed by atoms with E-state index < -0.39 is 20.5 Å². The summed E-state index contributed by atoms with van der Waals surface area (Å²) < 4.78 is 22.8. The second kappa shape index (κ2) is 5.71. The van der Waals surface area contributed by atoms with E-state index in [0.29, 0.717) is 23.8 Å². The van der Waals surface area contributed by atoms with Crippen molar-refractivity contribution in [2.45, 2.75) is 17.6 Å². The highest BCUT2D eigenvalue weighted by atomic mass is 35.5. The van der Waals surface area contributed by atoms with E-state index in [1.807, 2.05) is 0 Å². The van der Waals surface area contributed by atoms with Gasteiger partial charge in [-0.25, -0.2) is 8.42 Å². The van der Waals surface area contributed by atoms with E-state index in [-0.39, 0.29) is 12.8 Å². The normalized spacial score (nSPS) is 18.5. The molecule has 1 fully saturated rings. The molecule has 1 aromatic carbocycles. The predicted molar refractivity (Wildman–Crippen MR) is 79.8 cm³/mol. The molecule has 0 unspecified atom stereocenters. The van der Waals surface area contributed by atoms with Crippen LogP contribution >= 0.6 is 11.6 Å². The van der Waals surface area contributed by atoms with Crippen LogP contribution in [0.1, 0.15) is 12.8 Å². The molecule has 1 aromatic rings. The van der Waals surface area contributed by atoms with Crippen LogP contribution in [0, 0.1) is 0 Å². The molecule has 1 aliphatic rings. The molecule has 0 spiro atoms. The molecular formula is C13H17ClN2O3S. The summed E-state index contributed by atoms with van der Waals surface area (Å²) in [4.78, 5) is 12.5. The molecule has 0 atom stereocenters. The fourth-order valence-corrected chi connectivity index (χ4v) is 3.93. The van der Waals surface area contributed by atoms with Crippen LogP contribution in [0.4, 0.5) is 5.69 Å². The summed E-state index contributed by atoms with van der Waals surface area (Å²) in [7, 11) is -3.50. The van der Waals surface area contributed by atoms with E-state index in [4.69, 9.17) is 11.6 Å². The number of anilines is 1. The van der Waals surface area contributed by atoms with Gasteiger partial charge in [0.2, 0.25) is 5.91 Å². The van der Waals surface area contributed by atoms with E-state index in [9.17, 15) is 13.2 Å². The number of hydrogen-bond donors (Lipinski definition) is 2. The van der Waals surface area contributed by atoms with Crippen LogP contribution < -0.4 is 10.6 Å². The van der Waals surface area contributed by atoms with Crippen molar-refractivity contribution in [3.8, 4) is 0 Å².